The maximum absolute atomic E-state index is 13.8. The molecular weight excluding hydrogens is 466 g/mol. The summed E-state index contributed by atoms with van der Waals surface area (Å²) in [6, 6.07) is 29.0. The van der Waals surface area contributed by atoms with E-state index in [1.165, 1.54) is 6.07 Å². The lowest BCUT2D eigenvalue weighted by molar-refractivity contribution is 0.0570. The Morgan fingerprint density at radius 3 is 2.38 bits per heavy atom. The number of para-hydroxylation sites is 1. The smallest absolute Gasteiger partial charge is 0.277 e. The van der Waals surface area contributed by atoms with E-state index in [9.17, 15) is 9.59 Å². The first-order valence-electron chi connectivity index (χ1n) is 12.4. The Labute approximate surface area is 215 Å². The second-order valence-electron chi connectivity index (χ2n) is 9.24. The zero-order valence-corrected chi connectivity index (χ0v) is 20.5. The lowest BCUT2D eigenvalue weighted by Gasteiger charge is -2.50. The standard InChI is InChI=1S/C30H27N3O4/c1-31-26-17-19-36-25-15-9-8-14-23(25)27(22-12-6-3-7-13-22)33(26)32-18-16-24(34)29(28(32)30(31)35)37-20-21-10-4-2-5-11-21/h2-16,18,26-27H,17,19-20H2,1H3/t26-,27+/m0/s1. The highest BCUT2D eigenvalue weighted by Gasteiger charge is 2.43. The van der Waals surface area contributed by atoms with E-state index in [0.717, 1.165) is 22.4 Å². The highest BCUT2D eigenvalue weighted by atomic mass is 16.5. The number of ether oxygens (including phenoxy) is 2. The molecule has 0 saturated heterocycles. The van der Waals surface area contributed by atoms with Crippen LogP contribution in [0.3, 0.4) is 0 Å². The van der Waals surface area contributed by atoms with E-state index in [1.54, 1.807) is 18.1 Å². The zero-order valence-electron chi connectivity index (χ0n) is 20.5. The molecule has 6 rings (SSSR count). The van der Waals surface area contributed by atoms with Crippen LogP contribution in [-0.2, 0) is 6.61 Å². The quantitative estimate of drug-likeness (QED) is 0.423. The molecule has 2 aliphatic heterocycles. The first-order valence-corrected chi connectivity index (χ1v) is 12.4. The molecular formula is C30H27N3O4. The van der Waals surface area contributed by atoms with Gasteiger partial charge in [0.1, 0.15) is 24.6 Å². The Kier molecular flexibility index (Phi) is 5.88. The van der Waals surface area contributed by atoms with E-state index in [4.69, 9.17) is 9.47 Å². The Hall–Kier alpha value is -4.52. The maximum Gasteiger partial charge on any atom is 0.277 e. The van der Waals surface area contributed by atoms with Crippen LogP contribution in [0.4, 0.5) is 0 Å². The van der Waals surface area contributed by atoms with E-state index < -0.39 is 0 Å². The molecule has 37 heavy (non-hydrogen) atoms. The van der Waals surface area contributed by atoms with E-state index in [-0.39, 0.29) is 41.6 Å². The van der Waals surface area contributed by atoms with Crippen molar-refractivity contribution in [1.82, 2.24) is 9.58 Å². The SMILES string of the molecule is CN1C(=O)c2c(OCc3ccccc3)c(=O)ccn2N2[C@H](c3ccccc3)c3ccccc3OCC[C@@H]12. The first-order chi connectivity index (χ1) is 18.1. The Bertz CT molecular complexity index is 1490. The fourth-order valence-corrected chi connectivity index (χ4v) is 5.23. The van der Waals surface area contributed by atoms with Crippen LogP contribution in [-0.4, -0.2) is 35.3 Å². The molecule has 0 spiro atoms. The van der Waals surface area contributed by atoms with Gasteiger partial charge in [0.15, 0.2) is 11.4 Å². The maximum atomic E-state index is 13.8. The number of fused-ring (bicyclic) bond motifs is 4. The fraction of sp³-hybridized carbons (Fsp3) is 0.200. The molecule has 1 aromatic heterocycles. The molecule has 3 heterocycles. The van der Waals surface area contributed by atoms with Crippen molar-refractivity contribution in [1.29, 1.82) is 0 Å². The summed E-state index contributed by atoms with van der Waals surface area (Å²) in [4.78, 5) is 28.5. The van der Waals surface area contributed by atoms with Crippen molar-refractivity contribution in [3.05, 3.63) is 130 Å². The van der Waals surface area contributed by atoms with Gasteiger partial charge in [-0.2, -0.15) is 0 Å². The molecule has 4 aromatic rings. The number of carbonyl (C=O) groups excluding carboxylic acids is 1. The number of pyridine rings is 1. The average Bonchev–Trinajstić information content (AvgIpc) is 2.93. The van der Waals surface area contributed by atoms with Gasteiger partial charge in [-0.3, -0.25) is 19.3 Å². The number of carbonyl (C=O) groups is 1. The summed E-state index contributed by atoms with van der Waals surface area (Å²) < 4.78 is 14.1. The van der Waals surface area contributed by atoms with Crippen molar-refractivity contribution in [2.24, 2.45) is 0 Å². The summed E-state index contributed by atoms with van der Waals surface area (Å²) in [7, 11) is 1.78. The van der Waals surface area contributed by atoms with Crippen molar-refractivity contribution in [3.63, 3.8) is 0 Å². The molecule has 0 bridgehead atoms. The minimum atomic E-state index is -0.325. The average molecular weight is 494 g/mol. The summed E-state index contributed by atoms with van der Waals surface area (Å²) in [5, 5.41) is 2.17. The van der Waals surface area contributed by atoms with Crippen LogP contribution in [0.25, 0.3) is 0 Å². The molecule has 0 saturated carbocycles. The Balaban J connectivity index is 1.55. The summed E-state index contributed by atoms with van der Waals surface area (Å²) in [6.07, 6.45) is 1.97. The fourth-order valence-electron chi connectivity index (χ4n) is 5.23. The van der Waals surface area contributed by atoms with Gasteiger partial charge < -0.3 is 14.4 Å². The first kappa shape index (κ1) is 22.9. The van der Waals surface area contributed by atoms with Crippen molar-refractivity contribution in [2.75, 3.05) is 18.7 Å². The van der Waals surface area contributed by atoms with E-state index in [2.05, 4.69) is 23.2 Å². The largest absolute Gasteiger partial charge is 0.493 e. The topological polar surface area (TPSA) is 64.0 Å². The number of nitrogens with zero attached hydrogens (tertiary/aromatic N) is 3. The third-order valence-corrected chi connectivity index (χ3v) is 7.01. The van der Waals surface area contributed by atoms with Gasteiger partial charge >= 0.3 is 0 Å². The molecule has 0 aliphatic carbocycles. The second-order valence-corrected chi connectivity index (χ2v) is 9.24. The summed E-state index contributed by atoms with van der Waals surface area (Å²) in [6.45, 7) is 0.635. The van der Waals surface area contributed by atoms with E-state index in [1.807, 2.05) is 71.4 Å². The van der Waals surface area contributed by atoms with Gasteiger partial charge in [0.05, 0.1) is 6.61 Å². The van der Waals surface area contributed by atoms with E-state index in [0.29, 0.717) is 13.0 Å². The number of benzene rings is 3. The minimum Gasteiger partial charge on any atom is -0.493 e. The molecule has 1 amide bonds. The van der Waals surface area contributed by atoms with Crippen LogP contribution >= 0.6 is 0 Å². The summed E-state index contributed by atoms with van der Waals surface area (Å²) >= 11 is 0. The normalized spacial score (nSPS) is 18.6. The number of hydrogen-bond acceptors (Lipinski definition) is 5. The van der Waals surface area contributed by atoms with Crippen LogP contribution in [0.2, 0.25) is 0 Å². The predicted octanol–water partition coefficient (Wildman–Crippen LogP) is 4.35. The van der Waals surface area contributed by atoms with Crippen LogP contribution in [0.5, 0.6) is 11.5 Å². The van der Waals surface area contributed by atoms with Crippen LogP contribution in [0.1, 0.15) is 39.6 Å². The van der Waals surface area contributed by atoms with Gasteiger partial charge in [0.2, 0.25) is 5.43 Å². The molecule has 7 heteroatoms. The number of amides is 1. The van der Waals surface area contributed by atoms with Crippen LogP contribution < -0.4 is 19.9 Å². The summed E-state index contributed by atoms with van der Waals surface area (Å²) in [5.74, 6) is 0.597. The van der Waals surface area contributed by atoms with Crippen molar-refractivity contribution in [3.8, 4) is 11.5 Å². The van der Waals surface area contributed by atoms with Gasteiger partial charge in [-0.15, -0.1) is 0 Å². The molecule has 0 N–H and O–H groups in total. The van der Waals surface area contributed by atoms with Crippen molar-refractivity contribution in [2.45, 2.75) is 25.2 Å². The molecule has 0 fully saturated rings. The van der Waals surface area contributed by atoms with Crippen molar-refractivity contribution >= 4 is 5.91 Å². The van der Waals surface area contributed by atoms with E-state index >= 15 is 0 Å². The summed E-state index contributed by atoms with van der Waals surface area (Å²) in [5.41, 5.74) is 2.84. The number of hydrogen-bond donors (Lipinski definition) is 0. The lowest BCUT2D eigenvalue weighted by atomic mass is 9.95. The van der Waals surface area contributed by atoms with Gasteiger partial charge in [0.25, 0.3) is 5.91 Å². The van der Waals surface area contributed by atoms with Gasteiger partial charge in [-0.25, -0.2) is 0 Å². The van der Waals surface area contributed by atoms with Crippen molar-refractivity contribution < 1.29 is 14.3 Å². The predicted molar refractivity (Wildman–Crippen MR) is 140 cm³/mol. The number of rotatable bonds is 4. The Morgan fingerprint density at radius 1 is 0.892 bits per heavy atom. The monoisotopic (exact) mass is 493 g/mol. The van der Waals surface area contributed by atoms with Crippen LogP contribution in [0, 0.1) is 0 Å². The molecule has 2 atom stereocenters. The highest BCUT2D eigenvalue weighted by molar-refractivity contribution is 5.96. The molecule has 2 aliphatic rings. The molecule has 0 unspecified atom stereocenters. The highest BCUT2D eigenvalue weighted by Crippen LogP contribution is 2.40. The molecule has 186 valence electrons. The minimum absolute atomic E-state index is 0.0556. The number of aromatic nitrogens is 1. The molecule has 0 radical (unpaired) electrons. The van der Waals surface area contributed by atoms with Gasteiger partial charge in [-0.05, 0) is 17.2 Å². The molecule has 3 aromatic carbocycles. The van der Waals surface area contributed by atoms with Gasteiger partial charge in [-0.1, -0.05) is 78.9 Å². The third kappa shape index (κ3) is 4.02. The van der Waals surface area contributed by atoms with Gasteiger partial charge in [0, 0.05) is 31.3 Å². The second kappa shape index (κ2) is 9.50. The third-order valence-electron chi connectivity index (χ3n) is 7.01. The van der Waals surface area contributed by atoms with Crippen LogP contribution in [0.15, 0.2) is 102 Å². The zero-order chi connectivity index (χ0) is 25.4. The Morgan fingerprint density at radius 2 is 1.59 bits per heavy atom. The molecule has 7 nitrogen and oxygen atoms in total. The lowest BCUT2D eigenvalue weighted by Crippen LogP contribution is -2.62.